The van der Waals surface area contributed by atoms with E-state index in [4.69, 9.17) is 4.74 Å². The summed E-state index contributed by atoms with van der Waals surface area (Å²) in [5.74, 6) is -0.0228. The minimum Gasteiger partial charge on any atom is -0.465 e. The lowest BCUT2D eigenvalue weighted by atomic mass is 10.2. The van der Waals surface area contributed by atoms with Gasteiger partial charge in [-0.05, 0) is 18.1 Å². The van der Waals surface area contributed by atoms with Crippen molar-refractivity contribution in [3.63, 3.8) is 0 Å². The largest absolute Gasteiger partial charge is 0.465 e. The first-order valence-corrected chi connectivity index (χ1v) is 7.56. The van der Waals surface area contributed by atoms with E-state index in [-0.39, 0.29) is 11.9 Å². The fourth-order valence-electron chi connectivity index (χ4n) is 1.91. The molecule has 7 nitrogen and oxygen atoms in total. The van der Waals surface area contributed by atoms with Crippen LogP contribution in [0.2, 0.25) is 0 Å². The summed E-state index contributed by atoms with van der Waals surface area (Å²) in [7, 11) is 1.32. The number of methoxy groups -OCH3 is 1. The molecule has 1 aromatic carbocycles. The molecule has 0 bridgehead atoms. The highest BCUT2D eigenvalue weighted by Gasteiger charge is 2.12. The van der Waals surface area contributed by atoms with Crippen molar-refractivity contribution in [2.75, 3.05) is 19.0 Å². The maximum atomic E-state index is 11.9. The smallest absolute Gasteiger partial charge is 0.339 e. The van der Waals surface area contributed by atoms with Crippen molar-refractivity contribution in [1.82, 2.24) is 15.3 Å². The average molecular weight is 328 g/mol. The third-order valence-electron chi connectivity index (χ3n) is 3.16. The molecule has 0 fully saturated rings. The van der Waals surface area contributed by atoms with Gasteiger partial charge in [-0.25, -0.2) is 14.8 Å². The molecule has 126 valence electrons. The van der Waals surface area contributed by atoms with Gasteiger partial charge in [0.05, 0.1) is 23.9 Å². The lowest BCUT2D eigenvalue weighted by Gasteiger charge is -2.10. The fourth-order valence-corrected chi connectivity index (χ4v) is 1.91. The zero-order valence-corrected chi connectivity index (χ0v) is 13.9. The van der Waals surface area contributed by atoms with E-state index in [0.29, 0.717) is 29.3 Å². The molecule has 2 aromatic rings. The summed E-state index contributed by atoms with van der Waals surface area (Å²) in [6.45, 7) is 4.62. The highest BCUT2D eigenvalue weighted by Crippen LogP contribution is 2.19. The second-order valence-corrected chi connectivity index (χ2v) is 5.56. The Morgan fingerprint density at radius 1 is 1.17 bits per heavy atom. The van der Waals surface area contributed by atoms with Gasteiger partial charge in [0.2, 0.25) is 5.95 Å². The van der Waals surface area contributed by atoms with Crippen molar-refractivity contribution in [2.45, 2.75) is 13.8 Å². The molecule has 0 atom stereocenters. The molecule has 0 aliphatic heterocycles. The lowest BCUT2D eigenvalue weighted by Crippen LogP contribution is -2.27. The van der Waals surface area contributed by atoms with E-state index >= 15 is 0 Å². The number of carbonyl (C=O) groups is 2. The predicted octanol–water partition coefficient (Wildman–Crippen LogP) is 2.39. The van der Waals surface area contributed by atoms with Crippen LogP contribution in [0.15, 0.2) is 36.7 Å². The summed E-state index contributed by atoms with van der Waals surface area (Å²) in [5.41, 5.74) is 1.28. The number of para-hydroxylation sites is 1. The Hall–Kier alpha value is -2.96. The summed E-state index contributed by atoms with van der Waals surface area (Å²) in [6.07, 6.45) is 2.87. The Kier molecular flexibility index (Phi) is 5.83. The van der Waals surface area contributed by atoms with Crippen molar-refractivity contribution in [1.29, 1.82) is 0 Å². The molecule has 0 aliphatic carbocycles. The number of nitrogens with one attached hydrogen (secondary N) is 2. The molecule has 0 radical (unpaired) electrons. The van der Waals surface area contributed by atoms with E-state index in [2.05, 4.69) is 20.6 Å². The first-order chi connectivity index (χ1) is 11.5. The van der Waals surface area contributed by atoms with Crippen LogP contribution >= 0.6 is 0 Å². The number of amides is 1. The molecule has 0 spiro atoms. The molecule has 1 aromatic heterocycles. The van der Waals surface area contributed by atoms with Crippen molar-refractivity contribution in [3.8, 4) is 0 Å². The van der Waals surface area contributed by atoms with Gasteiger partial charge in [-0.15, -0.1) is 0 Å². The zero-order chi connectivity index (χ0) is 17.5. The first kappa shape index (κ1) is 17.4. The van der Waals surface area contributed by atoms with Gasteiger partial charge in [0.1, 0.15) is 0 Å². The van der Waals surface area contributed by atoms with Gasteiger partial charge in [-0.1, -0.05) is 26.0 Å². The molecular weight excluding hydrogens is 308 g/mol. The number of rotatable bonds is 6. The molecule has 0 saturated heterocycles. The Morgan fingerprint density at radius 3 is 2.46 bits per heavy atom. The third kappa shape index (κ3) is 4.52. The number of aromatic nitrogens is 2. The third-order valence-corrected chi connectivity index (χ3v) is 3.16. The van der Waals surface area contributed by atoms with Gasteiger partial charge >= 0.3 is 5.97 Å². The second-order valence-electron chi connectivity index (χ2n) is 5.56. The lowest BCUT2D eigenvalue weighted by molar-refractivity contribution is 0.0601. The maximum absolute atomic E-state index is 11.9. The quantitative estimate of drug-likeness (QED) is 0.791. The number of benzene rings is 1. The monoisotopic (exact) mass is 328 g/mol. The zero-order valence-electron chi connectivity index (χ0n) is 13.9. The SMILES string of the molecule is COC(=O)c1ccccc1Nc1ncc(C(=O)NCC(C)C)cn1. The van der Waals surface area contributed by atoms with Gasteiger partial charge in [0.25, 0.3) is 5.91 Å². The number of hydrogen-bond acceptors (Lipinski definition) is 6. The summed E-state index contributed by atoms with van der Waals surface area (Å²) in [4.78, 5) is 31.9. The molecule has 1 amide bonds. The minimum absolute atomic E-state index is 0.217. The number of carbonyl (C=O) groups excluding carboxylic acids is 2. The van der Waals surface area contributed by atoms with E-state index in [1.54, 1.807) is 24.3 Å². The van der Waals surface area contributed by atoms with Crippen LogP contribution in [0, 0.1) is 5.92 Å². The van der Waals surface area contributed by atoms with Gasteiger partial charge in [0, 0.05) is 18.9 Å². The number of esters is 1. The van der Waals surface area contributed by atoms with E-state index in [9.17, 15) is 9.59 Å². The number of ether oxygens (including phenoxy) is 1. The Morgan fingerprint density at radius 2 is 1.83 bits per heavy atom. The normalized spacial score (nSPS) is 10.3. The van der Waals surface area contributed by atoms with Crippen molar-refractivity contribution >= 4 is 23.5 Å². The molecule has 0 unspecified atom stereocenters. The second kappa shape index (κ2) is 8.05. The van der Waals surface area contributed by atoms with E-state index in [1.165, 1.54) is 19.5 Å². The predicted molar refractivity (Wildman–Crippen MR) is 90.3 cm³/mol. The van der Waals surface area contributed by atoms with E-state index in [1.807, 2.05) is 13.8 Å². The fraction of sp³-hybridized carbons (Fsp3) is 0.294. The highest BCUT2D eigenvalue weighted by molar-refractivity contribution is 5.96. The van der Waals surface area contributed by atoms with Gasteiger partial charge in [-0.3, -0.25) is 4.79 Å². The average Bonchev–Trinajstić information content (AvgIpc) is 2.60. The standard InChI is InChI=1S/C17H20N4O3/c1-11(2)8-18-15(22)12-9-19-17(20-10-12)21-14-7-5-4-6-13(14)16(23)24-3/h4-7,9-11H,8H2,1-3H3,(H,18,22)(H,19,20,21). The van der Waals surface area contributed by atoms with Crippen molar-refractivity contribution < 1.29 is 14.3 Å². The van der Waals surface area contributed by atoms with Crippen LogP contribution in [0.1, 0.15) is 34.6 Å². The van der Waals surface area contributed by atoms with Crippen LogP contribution in [-0.2, 0) is 4.74 Å². The molecular formula is C17H20N4O3. The van der Waals surface area contributed by atoms with Crippen LogP contribution < -0.4 is 10.6 Å². The topological polar surface area (TPSA) is 93.2 Å². The minimum atomic E-state index is -0.456. The molecule has 0 aliphatic rings. The van der Waals surface area contributed by atoms with Gasteiger partial charge in [-0.2, -0.15) is 0 Å². The van der Waals surface area contributed by atoms with Crippen LogP contribution in [0.3, 0.4) is 0 Å². The van der Waals surface area contributed by atoms with E-state index < -0.39 is 5.97 Å². The molecule has 2 rings (SSSR count). The summed E-state index contributed by atoms with van der Waals surface area (Å²) >= 11 is 0. The Labute approximate surface area is 140 Å². The number of hydrogen-bond donors (Lipinski definition) is 2. The van der Waals surface area contributed by atoms with Gasteiger partial charge in [0.15, 0.2) is 0 Å². The maximum Gasteiger partial charge on any atom is 0.339 e. The first-order valence-electron chi connectivity index (χ1n) is 7.56. The number of anilines is 2. The molecule has 1 heterocycles. The summed E-state index contributed by atoms with van der Waals surface area (Å²) in [6, 6.07) is 6.88. The van der Waals surface area contributed by atoms with Crippen LogP contribution in [0.25, 0.3) is 0 Å². The molecule has 24 heavy (non-hydrogen) atoms. The van der Waals surface area contributed by atoms with Crippen LogP contribution in [-0.4, -0.2) is 35.5 Å². The summed E-state index contributed by atoms with van der Waals surface area (Å²) in [5, 5.41) is 5.75. The van der Waals surface area contributed by atoms with E-state index in [0.717, 1.165) is 0 Å². The Balaban J connectivity index is 2.10. The molecule has 0 saturated carbocycles. The van der Waals surface area contributed by atoms with Gasteiger partial charge < -0.3 is 15.4 Å². The van der Waals surface area contributed by atoms with Crippen LogP contribution in [0.5, 0.6) is 0 Å². The molecule has 7 heteroatoms. The number of nitrogens with zero attached hydrogens (tertiary/aromatic N) is 2. The summed E-state index contributed by atoms with van der Waals surface area (Å²) < 4.78 is 4.74. The molecule has 2 N–H and O–H groups in total. The van der Waals surface area contributed by atoms with Crippen molar-refractivity contribution in [3.05, 3.63) is 47.8 Å². The van der Waals surface area contributed by atoms with Crippen LogP contribution in [0.4, 0.5) is 11.6 Å². The highest BCUT2D eigenvalue weighted by atomic mass is 16.5. The Bertz CT molecular complexity index is 714. The van der Waals surface area contributed by atoms with Crippen molar-refractivity contribution in [2.24, 2.45) is 5.92 Å².